The Labute approximate surface area is 314 Å². The largest absolute Gasteiger partial charge is 0.441 e. The summed E-state index contributed by atoms with van der Waals surface area (Å²) in [7, 11) is 0. The van der Waals surface area contributed by atoms with E-state index in [0.29, 0.717) is 0 Å². The molecule has 0 saturated carbocycles. The number of aliphatic hydroxyl groups is 1. The predicted molar refractivity (Wildman–Crippen MR) is 224 cm³/mol. The first kappa shape index (κ1) is 31.2. The average molecular weight is 694 g/mol. The molecule has 0 saturated heterocycles. The third-order valence-electron chi connectivity index (χ3n) is 12.2. The van der Waals surface area contributed by atoms with Crippen LogP contribution in [0.15, 0.2) is 182 Å². The molecule has 9 aromatic carbocycles. The molecule has 4 atom stereocenters. The normalized spacial score (nSPS) is 18.6. The molecule has 3 aliphatic rings. The lowest BCUT2D eigenvalue weighted by atomic mass is 9.57. The first-order chi connectivity index (χ1) is 26.7. The molecule has 0 fully saturated rings. The summed E-state index contributed by atoms with van der Waals surface area (Å²) >= 11 is 0. The molecule has 2 bridgehead atoms. The molecule has 0 heterocycles. The summed E-state index contributed by atoms with van der Waals surface area (Å²) in [6.07, 6.45) is -1.56. The van der Waals surface area contributed by atoms with Crippen molar-refractivity contribution in [3.8, 4) is 44.5 Å². The average Bonchev–Trinajstić information content (AvgIpc) is 3.24. The summed E-state index contributed by atoms with van der Waals surface area (Å²) in [6, 6.07) is 65.4. The smallest absolute Gasteiger partial charge is 0.192 e. The molecule has 0 spiro atoms. The van der Waals surface area contributed by atoms with E-state index in [2.05, 4.69) is 182 Å². The molecular weight excluding hydrogens is 657 g/mol. The highest BCUT2D eigenvalue weighted by atomic mass is 16.3. The van der Waals surface area contributed by atoms with Crippen LogP contribution < -0.4 is 0 Å². The predicted octanol–water partition coefficient (Wildman–Crippen LogP) is 11.9. The van der Waals surface area contributed by atoms with Crippen LogP contribution in [0.3, 0.4) is 0 Å². The number of hydrogen-bond acceptors (Lipinski definition) is 1. The van der Waals surface area contributed by atoms with E-state index in [1.807, 2.05) is 0 Å². The Bertz CT molecular complexity index is 2730. The second-order valence-electron chi connectivity index (χ2n) is 14.9. The van der Waals surface area contributed by atoms with Crippen molar-refractivity contribution < 1.29 is 10.2 Å². The van der Waals surface area contributed by atoms with Crippen molar-refractivity contribution in [3.05, 3.63) is 204 Å². The summed E-state index contributed by atoms with van der Waals surface area (Å²) in [5.41, 5.74) is 14.0. The van der Waals surface area contributed by atoms with Gasteiger partial charge in [-0.05, 0) is 99.1 Å². The van der Waals surface area contributed by atoms with E-state index in [1.54, 1.807) is 0 Å². The maximum absolute atomic E-state index is 12.3. The van der Waals surface area contributed by atoms with E-state index in [9.17, 15) is 10.2 Å². The quantitative estimate of drug-likeness (QED) is 0.183. The molecule has 0 aromatic heterocycles. The molecular formula is C52H37O2+. The van der Waals surface area contributed by atoms with Gasteiger partial charge in [-0.1, -0.05) is 182 Å². The van der Waals surface area contributed by atoms with Crippen LogP contribution in [0.2, 0.25) is 0 Å². The fourth-order valence-electron chi connectivity index (χ4n) is 10.0. The van der Waals surface area contributed by atoms with Crippen LogP contribution in [-0.4, -0.2) is 22.4 Å². The highest BCUT2D eigenvalue weighted by Crippen LogP contribution is 2.61. The zero-order chi connectivity index (χ0) is 35.9. The van der Waals surface area contributed by atoms with Crippen molar-refractivity contribution >= 4 is 32.3 Å². The molecule has 3 N–H and O–H groups in total. The summed E-state index contributed by atoms with van der Waals surface area (Å²) in [5.74, 6) is -0.678. The van der Waals surface area contributed by atoms with Crippen LogP contribution in [0, 0.1) is 0 Å². The lowest BCUT2D eigenvalue weighted by molar-refractivity contribution is -0.0150. The van der Waals surface area contributed by atoms with Gasteiger partial charge >= 0.3 is 0 Å². The second kappa shape index (κ2) is 12.1. The lowest BCUT2D eigenvalue weighted by Gasteiger charge is -2.47. The van der Waals surface area contributed by atoms with Gasteiger partial charge in [-0.3, -0.25) is 0 Å². The summed E-state index contributed by atoms with van der Waals surface area (Å²) in [5, 5.41) is 29.2. The maximum Gasteiger partial charge on any atom is 0.192 e. The number of benzene rings is 9. The van der Waals surface area contributed by atoms with E-state index >= 15 is 0 Å². The fourth-order valence-corrected chi connectivity index (χ4v) is 10.0. The Kier molecular flexibility index (Phi) is 7.00. The summed E-state index contributed by atoms with van der Waals surface area (Å²) < 4.78 is 0. The molecule has 2 nitrogen and oxygen atoms in total. The molecule has 3 aliphatic carbocycles. The van der Waals surface area contributed by atoms with E-state index in [-0.39, 0.29) is 11.8 Å². The summed E-state index contributed by atoms with van der Waals surface area (Å²) in [4.78, 5) is 0. The zero-order valence-electron chi connectivity index (χ0n) is 29.6. The Balaban J connectivity index is 1.36. The van der Waals surface area contributed by atoms with Crippen LogP contribution in [0.4, 0.5) is 0 Å². The monoisotopic (exact) mass is 693 g/mol. The number of hydrogen-bond donors (Lipinski definition) is 1. The van der Waals surface area contributed by atoms with Gasteiger partial charge in [0.1, 0.15) is 6.10 Å². The minimum absolute atomic E-state index is 0.315. The van der Waals surface area contributed by atoms with Gasteiger partial charge in [0.05, 0.1) is 5.92 Å². The summed E-state index contributed by atoms with van der Waals surface area (Å²) in [6.45, 7) is 0. The van der Waals surface area contributed by atoms with E-state index in [4.69, 9.17) is 0 Å². The van der Waals surface area contributed by atoms with Crippen LogP contribution in [0.25, 0.3) is 76.8 Å². The second-order valence-corrected chi connectivity index (χ2v) is 14.9. The minimum Gasteiger partial charge on any atom is -0.441 e. The van der Waals surface area contributed by atoms with Crippen molar-refractivity contribution in [2.24, 2.45) is 0 Å². The van der Waals surface area contributed by atoms with Gasteiger partial charge in [-0.15, -0.1) is 0 Å². The SMILES string of the molecule is OC1C2c3ccccc3C(c3c2c(-c2ccc4ccccc4c2-c2ccccc2)c2ccccc2c3-c2ccc3ccccc3c2-c2ccccc2)C1[OH2+]. The minimum atomic E-state index is -0.851. The van der Waals surface area contributed by atoms with E-state index < -0.39 is 12.2 Å². The number of rotatable bonds is 4. The molecule has 0 radical (unpaired) electrons. The molecule has 0 aliphatic heterocycles. The number of fused-ring (bicyclic) bond motifs is 4. The highest BCUT2D eigenvalue weighted by Gasteiger charge is 2.54. The lowest BCUT2D eigenvalue weighted by Crippen LogP contribution is -2.47. The van der Waals surface area contributed by atoms with Crippen molar-refractivity contribution in [2.45, 2.75) is 24.0 Å². The molecule has 2 heteroatoms. The van der Waals surface area contributed by atoms with Crippen molar-refractivity contribution in [2.75, 3.05) is 0 Å². The van der Waals surface area contributed by atoms with Crippen LogP contribution >= 0.6 is 0 Å². The van der Waals surface area contributed by atoms with Gasteiger partial charge in [0.15, 0.2) is 6.10 Å². The zero-order valence-corrected chi connectivity index (χ0v) is 29.6. The molecule has 9 aromatic rings. The third-order valence-corrected chi connectivity index (χ3v) is 12.2. The first-order valence-electron chi connectivity index (χ1n) is 18.9. The van der Waals surface area contributed by atoms with Gasteiger partial charge < -0.3 is 10.2 Å². The highest BCUT2D eigenvalue weighted by molar-refractivity contribution is 6.17. The van der Waals surface area contributed by atoms with E-state index in [0.717, 1.165) is 55.3 Å². The van der Waals surface area contributed by atoms with Crippen LogP contribution in [0.1, 0.15) is 34.1 Å². The third kappa shape index (κ3) is 4.42. The van der Waals surface area contributed by atoms with Gasteiger partial charge in [0.2, 0.25) is 0 Å². The Morgan fingerprint density at radius 1 is 0.352 bits per heavy atom. The van der Waals surface area contributed by atoms with E-state index in [1.165, 1.54) is 43.8 Å². The van der Waals surface area contributed by atoms with Crippen molar-refractivity contribution in [1.82, 2.24) is 0 Å². The maximum atomic E-state index is 12.3. The Morgan fingerprint density at radius 3 is 1.24 bits per heavy atom. The van der Waals surface area contributed by atoms with Crippen LogP contribution in [-0.2, 0) is 0 Å². The van der Waals surface area contributed by atoms with Crippen molar-refractivity contribution in [3.63, 3.8) is 0 Å². The molecule has 0 amide bonds. The van der Waals surface area contributed by atoms with Crippen molar-refractivity contribution in [1.29, 1.82) is 0 Å². The topological polar surface area (TPSA) is 43.1 Å². The van der Waals surface area contributed by atoms with Crippen LogP contribution in [0.5, 0.6) is 0 Å². The van der Waals surface area contributed by atoms with Gasteiger partial charge in [-0.2, -0.15) is 0 Å². The number of aliphatic hydroxyl groups excluding tert-OH is 1. The molecule has 256 valence electrons. The Hall–Kier alpha value is -6.32. The van der Waals surface area contributed by atoms with Gasteiger partial charge in [0, 0.05) is 5.92 Å². The molecule has 54 heavy (non-hydrogen) atoms. The fraction of sp³-hybridized carbons (Fsp3) is 0.0769. The van der Waals surface area contributed by atoms with Gasteiger partial charge in [0.25, 0.3) is 0 Å². The first-order valence-corrected chi connectivity index (χ1v) is 18.9. The standard InChI is InChI=1S/C52H36O2/c53-51-47-39-25-13-14-26-40(39)48(52(51)54)50-46(42-30-28-32-16-8-10-22-36(32)44(42)34-19-5-2-6-20-34)38-24-12-11-23-37(38)45(49(47)50)41-29-27-31-15-7-9-21-35(31)43(41)33-17-3-1-4-18-33/h1-30,47-48,51-54H/p+1. The van der Waals surface area contributed by atoms with Gasteiger partial charge in [-0.25, -0.2) is 0 Å². The molecule has 12 rings (SSSR count). The Morgan fingerprint density at radius 2 is 0.741 bits per heavy atom. The molecule has 4 unspecified atom stereocenters.